The minimum Gasteiger partial charge on any atom is -0.455 e. The van der Waals surface area contributed by atoms with Crippen LogP contribution in [0, 0.1) is 0 Å². The Morgan fingerprint density at radius 3 is 2.14 bits per heavy atom. The van der Waals surface area contributed by atoms with Crippen LogP contribution in [-0.4, -0.2) is 4.57 Å². The van der Waals surface area contributed by atoms with Crippen molar-refractivity contribution in [1.29, 1.82) is 0 Å². The molecule has 2 nitrogen and oxygen atoms in total. The van der Waals surface area contributed by atoms with Crippen LogP contribution in [0.15, 0.2) is 130 Å². The van der Waals surface area contributed by atoms with Crippen molar-refractivity contribution in [3.8, 4) is 16.8 Å². The first-order chi connectivity index (χ1) is 18.3. The fraction of sp³-hybridized carbons (Fsp3) is 0. The molecule has 174 valence electrons. The Labute approximate surface area is 221 Å². The Morgan fingerprint density at radius 2 is 1.27 bits per heavy atom. The van der Waals surface area contributed by atoms with Crippen molar-refractivity contribution in [2.75, 3.05) is 0 Å². The molecule has 8 aromatic rings. The number of halogens is 1. The predicted molar refractivity (Wildman–Crippen MR) is 159 cm³/mol. The number of furan rings is 1. The Bertz CT molecular complexity index is 2150. The lowest BCUT2D eigenvalue weighted by molar-refractivity contribution is 0.666. The van der Waals surface area contributed by atoms with Crippen LogP contribution >= 0.6 is 15.9 Å². The molecule has 0 aliphatic carbocycles. The summed E-state index contributed by atoms with van der Waals surface area (Å²) in [4.78, 5) is 0. The van der Waals surface area contributed by atoms with Crippen molar-refractivity contribution in [1.82, 2.24) is 4.57 Å². The van der Waals surface area contributed by atoms with Gasteiger partial charge in [-0.05, 0) is 80.3 Å². The van der Waals surface area contributed by atoms with E-state index in [2.05, 4.69) is 130 Å². The molecule has 37 heavy (non-hydrogen) atoms. The molecule has 0 saturated heterocycles. The maximum Gasteiger partial charge on any atom is 0.151 e. The monoisotopic (exact) mass is 537 g/mol. The Hall–Kier alpha value is -4.34. The van der Waals surface area contributed by atoms with Crippen LogP contribution in [-0.2, 0) is 0 Å². The second-order valence-corrected chi connectivity index (χ2v) is 10.4. The third-order valence-corrected chi connectivity index (χ3v) is 8.06. The molecule has 0 saturated carbocycles. The van der Waals surface area contributed by atoms with Gasteiger partial charge >= 0.3 is 0 Å². The van der Waals surface area contributed by atoms with Gasteiger partial charge in [0.05, 0.1) is 26.6 Å². The molecule has 0 atom stereocenters. The summed E-state index contributed by atoms with van der Waals surface area (Å²) in [5.41, 5.74) is 7.68. The molecule has 0 bridgehead atoms. The molecule has 6 aromatic carbocycles. The molecule has 0 aliphatic rings. The first-order valence-electron chi connectivity index (χ1n) is 12.4. The number of benzene rings is 6. The summed E-state index contributed by atoms with van der Waals surface area (Å²) in [6.07, 6.45) is 0. The van der Waals surface area contributed by atoms with Gasteiger partial charge in [-0.15, -0.1) is 0 Å². The molecule has 0 amide bonds. The molecule has 0 unspecified atom stereocenters. The number of hydrogen-bond acceptors (Lipinski definition) is 1. The van der Waals surface area contributed by atoms with Crippen molar-refractivity contribution in [3.63, 3.8) is 0 Å². The molecular formula is C34H20BrNO. The maximum atomic E-state index is 6.33. The highest BCUT2D eigenvalue weighted by molar-refractivity contribution is 9.10. The standard InChI is InChI=1S/C34H20BrNO/c35-28-15-17-30(33-25-12-6-7-13-32(25)37-34(28)33)36-29-16-14-24(21-8-2-1-3-9-21)19-26(29)27-18-22-10-4-5-11-23(22)20-31(27)36/h1-20H. The second-order valence-electron chi connectivity index (χ2n) is 9.52. The normalized spacial score (nSPS) is 11.9. The third kappa shape index (κ3) is 3.04. The first-order valence-corrected chi connectivity index (χ1v) is 13.2. The van der Waals surface area contributed by atoms with Gasteiger partial charge in [-0.25, -0.2) is 0 Å². The van der Waals surface area contributed by atoms with E-state index in [1.54, 1.807) is 0 Å². The maximum absolute atomic E-state index is 6.33. The number of para-hydroxylation sites is 1. The second kappa shape index (κ2) is 7.83. The summed E-state index contributed by atoms with van der Waals surface area (Å²) in [5.74, 6) is 0. The lowest BCUT2D eigenvalue weighted by atomic mass is 10.0. The fourth-order valence-electron chi connectivity index (χ4n) is 5.74. The van der Waals surface area contributed by atoms with E-state index in [1.807, 2.05) is 12.1 Å². The van der Waals surface area contributed by atoms with Crippen LogP contribution in [0.5, 0.6) is 0 Å². The summed E-state index contributed by atoms with van der Waals surface area (Å²) in [7, 11) is 0. The van der Waals surface area contributed by atoms with Crippen molar-refractivity contribution in [2.45, 2.75) is 0 Å². The topological polar surface area (TPSA) is 18.1 Å². The van der Waals surface area contributed by atoms with E-state index < -0.39 is 0 Å². The van der Waals surface area contributed by atoms with Gasteiger partial charge in [-0.2, -0.15) is 0 Å². The largest absolute Gasteiger partial charge is 0.455 e. The van der Waals surface area contributed by atoms with Gasteiger partial charge in [0.15, 0.2) is 5.58 Å². The van der Waals surface area contributed by atoms with E-state index in [4.69, 9.17) is 4.42 Å². The smallest absolute Gasteiger partial charge is 0.151 e. The zero-order valence-electron chi connectivity index (χ0n) is 19.8. The number of fused-ring (bicyclic) bond motifs is 7. The van der Waals surface area contributed by atoms with Gasteiger partial charge in [-0.1, -0.05) is 78.9 Å². The highest BCUT2D eigenvalue weighted by Gasteiger charge is 2.20. The van der Waals surface area contributed by atoms with Crippen LogP contribution in [0.1, 0.15) is 0 Å². The Morgan fingerprint density at radius 1 is 0.541 bits per heavy atom. The minimum absolute atomic E-state index is 0.871. The molecule has 0 fully saturated rings. The molecule has 3 heteroatoms. The summed E-state index contributed by atoms with van der Waals surface area (Å²) >= 11 is 3.74. The SMILES string of the molecule is Brc1ccc(-n2c3ccc(-c4ccccc4)cc3c3cc4ccccc4cc32)c2c1oc1ccccc12. The van der Waals surface area contributed by atoms with Gasteiger partial charge in [0, 0.05) is 16.2 Å². The van der Waals surface area contributed by atoms with Crippen LogP contribution < -0.4 is 0 Å². The molecule has 0 spiro atoms. The minimum atomic E-state index is 0.871. The van der Waals surface area contributed by atoms with Gasteiger partial charge < -0.3 is 8.98 Å². The highest BCUT2D eigenvalue weighted by atomic mass is 79.9. The summed E-state index contributed by atoms with van der Waals surface area (Å²) in [6, 6.07) is 43.3. The molecule has 0 N–H and O–H groups in total. The zero-order valence-corrected chi connectivity index (χ0v) is 21.4. The number of hydrogen-bond donors (Lipinski definition) is 0. The molecule has 2 aromatic heterocycles. The molecule has 8 rings (SSSR count). The zero-order chi connectivity index (χ0) is 24.5. The molecular weight excluding hydrogens is 518 g/mol. The molecule has 0 aliphatic heterocycles. The van der Waals surface area contributed by atoms with Gasteiger partial charge in [0.1, 0.15) is 5.58 Å². The quantitative estimate of drug-likeness (QED) is 0.214. The lowest BCUT2D eigenvalue weighted by Gasteiger charge is -2.11. The highest BCUT2D eigenvalue weighted by Crippen LogP contribution is 2.42. The van der Waals surface area contributed by atoms with E-state index >= 15 is 0 Å². The fourth-order valence-corrected chi connectivity index (χ4v) is 6.15. The number of aromatic nitrogens is 1. The summed E-state index contributed by atoms with van der Waals surface area (Å²) in [6.45, 7) is 0. The van der Waals surface area contributed by atoms with Crippen molar-refractivity contribution in [3.05, 3.63) is 126 Å². The first kappa shape index (κ1) is 20.8. The Kier molecular flexibility index (Phi) is 4.40. The Balaban J connectivity index is 1.55. The van der Waals surface area contributed by atoms with Gasteiger partial charge in [0.25, 0.3) is 0 Å². The summed E-state index contributed by atoms with van der Waals surface area (Å²) < 4.78 is 9.70. The van der Waals surface area contributed by atoms with Gasteiger partial charge in [0.2, 0.25) is 0 Å². The van der Waals surface area contributed by atoms with E-state index in [1.165, 1.54) is 43.7 Å². The predicted octanol–water partition coefficient (Wildman–Crippen LogP) is 10.3. The van der Waals surface area contributed by atoms with Crippen molar-refractivity contribution >= 4 is 70.4 Å². The molecule has 2 heterocycles. The van der Waals surface area contributed by atoms with Crippen molar-refractivity contribution in [2.24, 2.45) is 0 Å². The van der Waals surface area contributed by atoms with E-state index in [0.29, 0.717) is 0 Å². The third-order valence-electron chi connectivity index (χ3n) is 7.44. The average molecular weight is 538 g/mol. The van der Waals surface area contributed by atoms with E-state index in [-0.39, 0.29) is 0 Å². The molecule has 0 radical (unpaired) electrons. The summed E-state index contributed by atoms with van der Waals surface area (Å²) in [5, 5.41) is 7.19. The number of nitrogens with zero attached hydrogens (tertiary/aromatic N) is 1. The lowest BCUT2D eigenvalue weighted by Crippen LogP contribution is -1.95. The van der Waals surface area contributed by atoms with E-state index in [9.17, 15) is 0 Å². The van der Waals surface area contributed by atoms with E-state index in [0.717, 1.165) is 32.1 Å². The van der Waals surface area contributed by atoms with Crippen LogP contribution in [0.4, 0.5) is 0 Å². The average Bonchev–Trinajstić information content (AvgIpc) is 3.49. The van der Waals surface area contributed by atoms with Gasteiger partial charge in [-0.3, -0.25) is 0 Å². The van der Waals surface area contributed by atoms with Crippen LogP contribution in [0.25, 0.3) is 71.3 Å². The van der Waals surface area contributed by atoms with Crippen LogP contribution in [0.2, 0.25) is 0 Å². The number of rotatable bonds is 2. The van der Waals surface area contributed by atoms with Crippen molar-refractivity contribution < 1.29 is 4.42 Å². The van der Waals surface area contributed by atoms with Crippen LogP contribution in [0.3, 0.4) is 0 Å².